The summed E-state index contributed by atoms with van der Waals surface area (Å²) in [7, 11) is 0. The van der Waals surface area contributed by atoms with Gasteiger partial charge in [-0.3, -0.25) is 4.79 Å². The first-order valence-electron chi connectivity index (χ1n) is 11.9. The number of amides is 2. The Morgan fingerprint density at radius 2 is 1.89 bits per heavy atom. The van der Waals surface area contributed by atoms with E-state index in [9.17, 15) is 14.0 Å². The van der Waals surface area contributed by atoms with Crippen LogP contribution in [0, 0.1) is 5.82 Å². The van der Waals surface area contributed by atoms with Gasteiger partial charge in [0, 0.05) is 30.7 Å². The molecule has 0 unspecified atom stereocenters. The van der Waals surface area contributed by atoms with Crippen LogP contribution in [-0.4, -0.2) is 70.2 Å². The number of benzene rings is 1. The SMILES string of the molecule is CC(C)(C)Nc1nc(-c2ccccc2F)c(Cl)c2c1C(=O)N1CCN(C(=O)OC(C)(C)C)C[C@@H]1CO2. The molecule has 10 heteroatoms. The number of halogens is 2. The zero-order valence-corrected chi connectivity index (χ0v) is 22.2. The lowest BCUT2D eigenvalue weighted by Crippen LogP contribution is -2.58. The number of hydrogen-bond donors (Lipinski definition) is 1. The summed E-state index contributed by atoms with van der Waals surface area (Å²) in [4.78, 5) is 34.4. The van der Waals surface area contributed by atoms with Crippen molar-refractivity contribution in [2.24, 2.45) is 0 Å². The molecule has 2 aliphatic heterocycles. The Morgan fingerprint density at radius 1 is 1.19 bits per heavy atom. The van der Waals surface area contributed by atoms with Crippen LogP contribution in [0.5, 0.6) is 5.75 Å². The van der Waals surface area contributed by atoms with Crippen molar-refractivity contribution < 1.29 is 23.5 Å². The lowest BCUT2D eigenvalue weighted by Gasteiger charge is -2.40. The first-order valence-corrected chi connectivity index (χ1v) is 12.3. The van der Waals surface area contributed by atoms with E-state index in [-0.39, 0.29) is 52.5 Å². The van der Waals surface area contributed by atoms with Gasteiger partial charge >= 0.3 is 6.09 Å². The summed E-state index contributed by atoms with van der Waals surface area (Å²) in [5.74, 6) is -0.378. The van der Waals surface area contributed by atoms with Gasteiger partial charge in [-0.25, -0.2) is 14.2 Å². The number of ether oxygens (including phenoxy) is 2. The molecule has 2 aromatic rings. The van der Waals surface area contributed by atoms with E-state index >= 15 is 0 Å². The molecule has 0 spiro atoms. The molecule has 0 radical (unpaired) electrons. The molecule has 0 aliphatic carbocycles. The molecule has 0 saturated carbocycles. The van der Waals surface area contributed by atoms with E-state index in [2.05, 4.69) is 10.3 Å². The van der Waals surface area contributed by atoms with Gasteiger partial charge < -0.3 is 24.6 Å². The molecule has 0 bridgehead atoms. The second-order valence-corrected chi connectivity index (χ2v) is 11.4. The predicted molar refractivity (Wildman–Crippen MR) is 136 cm³/mol. The summed E-state index contributed by atoms with van der Waals surface area (Å²) in [5.41, 5.74) is -0.499. The van der Waals surface area contributed by atoms with Crippen molar-refractivity contribution in [3.63, 3.8) is 0 Å². The third-order valence-electron chi connectivity index (χ3n) is 5.75. The molecule has 2 aliphatic rings. The summed E-state index contributed by atoms with van der Waals surface area (Å²) in [6.45, 7) is 12.2. The molecule has 3 heterocycles. The van der Waals surface area contributed by atoms with E-state index in [1.165, 1.54) is 6.07 Å². The van der Waals surface area contributed by atoms with E-state index in [0.717, 1.165) is 0 Å². The van der Waals surface area contributed by atoms with Gasteiger partial charge in [-0.1, -0.05) is 23.7 Å². The van der Waals surface area contributed by atoms with Crippen LogP contribution in [0.1, 0.15) is 51.9 Å². The summed E-state index contributed by atoms with van der Waals surface area (Å²) >= 11 is 6.73. The molecule has 1 aromatic carbocycles. The maximum absolute atomic E-state index is 14.7. The second kappa shape index (κ2) is 9.42. The van der Waals surface area contributed by atoms with Crippen molar-refractivity contribution in [1.29, 1.82) is 0 Å². The fraction of sp³-hybridized carbons (Fsp3) is 0.500. The quantitative estimate of drug-likeness (QED) is 0.588. The molecule has 194 valence electrons. The predicted octanol–water partition coefficient (Wildman–Crippen LogP) is 5.21. The topological polar surface area (TPSA) is 84.0 Å². The van der Waals surface area contributed by atoms with Crippen molar-refractivity contribution in [2.45, 2.75) is 58.7 Å². The number of rotatable bonds is 2. The van der Waals surface area contributed by atoms with Gasteiger partial charge in [0.2, 0.25) is 0 Å². The van der Waals surface area contributed by atoms with E-state index in [1.54, 1.807) is 28.0 Å². The van der Waals surface area contributed by atoms with Crippen LogP contribution in [0.4, 0.5) is 15.0 Å². The number of piperazine rings is 1. The zero-order valence-electron chi connectivity index (χ0n) is 21.4. The Bertz CT molecular complexity index is 1190. The lowest BCUT2D eigenvalue weighted by atomic mass is 10.0. The second-order valence-electron chi connectivity index (χ2n) is 11.1. The minimum absolute atomic E-state index is 0.0618. The molecule has 1 fully saturated rings. The van der Waals surface area contributed by atoms with Gasteiger partial charge in [-0.05, 0) is 53.7 Å². The van der Waals surface area contributed by atoms with Crippen LogP contribution in [0.15, 0.2) is 24.3 Å². The molecule has 8 nitrogen and oxygen atoms in total. The Kier molecular flexibility index (Phi) is 6.81. The fourth-order valence-corrected chi connectivity index (χ4v) is 4.53. The number of fused-ring (bicyclic) bond motifs is 2. The number of anilines is 1. The first-order chi connectivity index (χ1) is 16.7. The highest BCUT2D eigenvalue weighted by Gasteiger charge is 2.41. The number of nitrogens with zero attached hydrogens (tertiary/aromatic N) is 3. The average molecular weight is 519 g/mol. The van der Waals surface area contributed by atoms with Crippen LogP contribution < -0.4 is 10.1 Å². The Labute approximate surface area is 215 Å². The molecule has 1 aromatic heterocycles. The molecule has 1 saturated heterocycles. The summed E-state index contributed by atoms with van der Waals surface area (Å²) in [5, 5.41) is 3.33. The zero-order chi connectivity index (χ0) is 26.4. The van der Waals surface area contributed by atoms with Crippen molar-refractivity contribution in [2.75, 3.05) is 31.6 Å². The van der Waals surface area contributed by atoms with Gasteiger partial charge in [0.15, 0.2) is 5.75 Å². The van der Waals surface area contributed by atoms with Gasteiger partial charge in [-0.2, -0.15) is 0 Å². The molecule has 1 N–H and O–H groups in total. The monoisotopic (exact) mass is 518 g/mol. The first kappa shape index (κ1) is 26.0. The van der Waals surface area contributed by atoms with E-state index in [1.807, 2.05) is 41.5 Å². The van der Waals surface area contributed by atoms with Crippen molar-refractivity contribution >= 4 is 29.4 Å². The molecular weight excluding hydrogens is 487 g/mol. The molecule has 2 amide bonds. The van der Waals surface area contributed by atoms with Crippen LogP contribution in [0.2, 0.25) is 5.02 Å². The number of carbonyl (C=O) groups is 2. The largest absolute Gasteiger partial charge is 0.489 e. The van der Waals surface area contributed by atoms with Gasteiger partial charge in [-0.15, -0.1) is 0 Å². The van der Waals surface area contributed by atoms with Gasteiger partial charge in [0.25, 0.3) is 5.91 Å². The number of carbonyl (C=O) groups excluding carboxylic acids is 2. The van der Waals surface area contributed by atoms with Crippen LogP contribution in [-0.2, 0) is 4.74 Å². The van der Waals surface area contributed by atoms with E-state index in [4.69, 9.17) is 21.1 Å². The Morgan fingerprint density at radius 3 is 2.53 bits per heavy atom. The third kappa shape index (κ3) is 5.36. The molecule has 36 heavy (non-hydrogen) atoms. The standard InChI is InChI=1S/C26H32ClFN4O4/c1-25(2,3)30-22-18-21(19(27)20(29-22)16-9-7-8-10-17(16)28)35-14-15-13-31(11-12-32(15)23(18)33)24(34)36-26(4,5)6/h7-10,15H,11-14H2,1-6H3,(H,29,30)/t15-/m1/s1. The smallest absolute Gasteiger partial charge is 0.410 e. The number of aromatic nitrogens is 1. The van der Waals surface area contributed by atoms with Crippen molar-refractivity contribution in [3.8, 4) is 17.0 Å². The highest BCUT2D eigenvalue weighted by atomic mass is 35.5. The summed E-state index contributed by atoms with van der Waals surface area (Å²) < 4.78 is 26.3. The van der Waals surface area contributed by atoms with Gasteiger partial charge in [0.05, 0.1) is 11.7 Å². The summed E-state index contributed by atoms with van der Waals surface area (Å²) in [6.07, 6.45) is -0.437. The maximum Gasteiger partial charge on any atom is 0.410 e. The minimum Gasteiger partial charge on any atom is -0.489 e. The van der Waals surface area contributed by atoms with Crippen LogP contribution in [0.3, 0.4) is 0 Å². The number of hydrogen-bond acceptors (Lipinski definition) is 6. The van der Waals surface area contributed by atoms with Crippen LogP contribution >= 0.6 is 11.6 Å². The summed E-state index contributed by atoms with van der Waals surface area (Å²) in [6, 6.07) is 5.77. The van der Waals surface area contributed by atoms with E-state index in [0.29, 0.717) is 13.1 Å². The van der Waals surface area contributed by atoms with Gasteiger partial charge in [0.1, 0.15) is 34.4 Å². The maximum atomic E-state index is 14.7. The van der Waals surface area contributed by atoms with Crippen LogP contribution in [0.25, 0.3) is 11.3 Å². The third-order valence-corrected chi connectivity index (χ3v) is 6.10. The number of pyridine rings is 1. The normalized spacial score (nSPS) is 18.1. The fourth-order valence-electron chi connectivity index (χ4n) is 4.23. The number of nitrogens with one attached hydrogen (secondary N) is 1. The average Bonchev–Trinajstić information content (AvgIpc) is 2.91. The minimum atomic E-state index is -0.629. The highest BCUT2D eigenvalue weighted by molar-refractivity contribution is 6.35. The lowest BCUT2D eigenvalue weighted by molar-refractivity contribution is 0.000956. The Hall–Kier alpha value is -3.07. The molecular formula is C26H32ClFN4O4. The highest BCUT2D eigenvalue weighted by Crippen LogP contribution is 2.43. The van der Waals surface area contributed by atoms with Crippen molar-refractivity contribution in [1.82, 2.24) is 14.8 Å². The van der Waals surface area contributed by atoms with Crippen molar-refractivity contribution in [3.05, 3.63) is 40.7 Å². The van der Waals surface area contributed by atoms with E-state index < -0.39 is 29.1 Å². The molecule has 1 atom stereocenters. The molecule has 4 rings (SSSR count). The Balaban J connectivity index is 1.75.